The van der Waals surface area contributed by atoms with Crippen molar-refractivity contribution in [1.82, 2.24) is 19.4 Å². The van der Waals surface area contributed by atoms with E-state index >= 15 is 0 Å². The molecule has 1 aromatic rings. The molecule has 34 heavy (non-hydrogen) atoms. The number of hydrogen-bond donors (Lipinski definition) is 1. The molecule has 0 atom stereocenters. The molecule has 0 saturated carbocycles. The summed E-state index contributed by atoms with van der Waals surface area (Å²) in [6.45, 7) is 9.50. The molecular formula is C24H35N5O4S. The number of hydrogen-bond acceptors (Lipinski definition) is 6. The fourth-order valence-corrected chi connectivity index (χ4v) is 6.47. The molecule has 9 nitrogen and oxygen atoms in total. The van der Waals surface area contributed by atoms with Crippen LogP contribution in [0, 0.1) is 0 Å². The van der Waals surface area contributed by atoms with Crippen molar-refractivity contribution < 1.29 is 18.0 Å². The predicted molar refractivity (Wildman–Crippen MR) is 131 cm³/mol. The Morgan fingerprint density at radius 3 is 2.29 bits per heavy atom. The van der Waals surface area contributed by atoms with E-state index in [2.05, 4.69) is 21.7 Å². The molecular weight excluding hydrogens is 454 g/mol. The van der Waals surface area contributed by atoms with Crippen molar-refractivity contribution in [3.63, 3.8) is 0 Å². The Hall–Kier alpha value is -2.27. The first-order valence-electron chi connectivity index (χ1n) is 12.1. The molecule has 2 saturated heterocycles. The van der Waals surface area contributed by atoms with E-state index in [1.165, 1.54) is 0 Å². The van der Waals surface area contributed by atoms with Crippen LogP contribution in [0.5, 0.6) is 0 Å². The Balaban J connectivity index is 1.35. The second-order valence-corrected chi connectivity index (χ2v) is 11.1. The molecule has 2 amide bonds. The van der Waals surface area contributed by atoms with Crippen LogP contribution in [0.1, 0.15) is 24.8 Å². The zero-order valence-corrected chi connectivity index (χ0v) is 20.6. The Labute approximate surface area is 202 Å². The molecule has 3 heterocycles. The first kappa shape index (κ1) is 24.8. The molecule has 0 unspecified atom stereocenters. The number of nitrogens with one attached hydrogen (secondary N) is 1. The highest BCUT2D eigenvalue weighted by molar-refractivity contribution is 7.89. The van der Waals surface area contributed by atoms with Crippen LogP contribution in [-0.4, -0.2) is 99.8 Å². The number of nitrogens with zero attached hydrogens (tertiary/aromatic N) is 4. The number of aryl methyl sites for hydroxylation is 1. The van der Waals surface area contributed by atoms with Crippen molar-refractivity contribution >= 4 is 27.5 Å². The minimum atomic E-state index is -3.47. The zero-order valence-electron chi connectivity index (χ0n) is 19.7. The third kappa shape index (κ3) is 5.68. The molecule has 1 aromatic carbocycles. The number of rotatable bonds is 8. The summed E-state index contributed by atoms with van der Waals surface area (Å²) in [5.41, 5.74) is 1.75. The zero-order chi connectivity index (χ0) is 24.1. The van der Waals surface area contributed by atoms with Crippen LogP contribution in [0.25, 0.3) is 0 Å². The molecule has 3 aliphatic rings. The molecule has 0 spiro atoms. The van der Waals surface area contributed by atoms with Crippen LogP contribution in [0.3, 0.4) is 0 Å². The third-order valence-corrected chi connectivity index (χ3v) is 8.70. The summed E-state index contributed by atoms with van der Waals surface area (Å²) in [6, 6.07) is 5.21. The molecule has 0 radical (unpaired) electrons. The molecule has 10 heteroatoms. The van der Waals surface area contributed by atoms with Crippen molar-refractivity contribution in [3.05, 3.63) is 36.4 Å². The second-order valence-electron chi connectivity index (χ2n) is 9.20. The summed E-state index contributed by atoms with van der Waals surface area (Å²) in [7, 11) is -3.47. The first-order valence-corrected chi connectivity index (χ1v) is 13.6. The van der Waals surface area contributed by atoms with Gasteiger partial charge in [0.15, 0.2) is 0 Å². The van der Waals surface area contributed by atoms with E-state index in [-0.39, 0.29) is 11.8 Å². The summed E-state index contributed by atoms with van der Waals surface area (Å²) in [5, 5.41) is 2.79. The summed E-state index contributed by atoms with van der Waals surface area (Å²) >= 11 is 0. The maximum Gasteiger partial charge on any atom is 0.243 e. The standard InChI is InChI=1S/C24H35N5O4S/c1-2-9-25-23(30)18-26-13-15-27(16-14-26)19-24(31)29-12-5-6-20-17-21(7-8-22(20)29)34(32,33)28-10-3-4-11-28/h2,7-8,17H,1,3-6,9-16,18-19H2,(H,25,30). The van der Waals surface area contributed by atoms with Gasteiger partial charge in [0, 0.05) is 58.0 Å². The van der Waals surface area contributed by atoms with Crippen LogP contribution in [0.2, 0.25) is 0 Å². The van der Waals surface area contributed by atoms with Crippen LogP contribution >= 0.6 is 0 Å². The Morgan fingerprint density at radius 1 is 0.941 bits per heavy atom. The fourth-order valence-electron chi connectivity index (χ4n) is 4.90. The minimum Gasteiger partial charge on any atom is -0.352 e. The number of fused-ring (bicyclic) bond motifs is 1. The van der Waals surface area contributed by atoms with Gasteiger partial charge in [0.2, 0.25) is 21.8 Å². The summed E-state index contributed by atoms with van der Waals surface area (Å²) in [6.07, 6.45) is 5.06. The van der Waals surface area contributed by atoms with Gasteiger partial charge < -0.3 is 10.2 Å². The van der Waals surface area contributed by atoms with Gasteiger partial charge in [0.1, 0.15) is 0 Å². The van der Waals surface area contributed by atoms with Crippen molar-refractivity contribution in [2.45, 2.75) is 30.6 Å². The van der Waals surface area contributed by atoms with E-state index in [1.807, 2.05) is 0 Å². The van der Waals surface area contributed by atoms with Crippen molar-refractivity contribution in [2.75, 3.05) is 70.3 Å². The highest BCUT2D eigenvalue weighted by atomic mass is 32.2. The Morgan fingerprint density at radius 2 is 1.62 bits per heavy atom. The molecule has 0 aromatic heterocycles. The largest absolute Gasteiger partial charge is 0.352 e. The van der Waals surface area contributed by atoms with E-state index in [1.54, 1.807) is 33.5 Å². The third-order valence-electron chi connectivity index (χ3n) is 6.81. The van der Waals surface area contributed by atoms with Gasteiger partial charge in [-0.3, -0.25) is 19.4 Å². The van der Waals surface area contributed by atoms with Gasteiger partial charge in [-0.2, -0.15) is 4.31 Å². The summed E-state index contributed by atoms with van der Waals surface area (Å²) in [5.74, 6) is 0.0220. The number of sulfonamides is 1. The van der Waals surface area contributed by atoms with Crippen molar-refractivity contribution in [3.8, 4) is 0 Å². The lowest BCUT2D eigenvalue weighted by atomic mass is 10.0. The van der Waals surface area contributed by atoms with E-state index in [9.17, 15) is 18.0 Å². The highest BCUT2D eigenvalue weighted by Crippen LogP contribution is 2.31. The highest BCUT2D eigenvalue weighted by Gasteiger charge is 2.30. The summed E-state index contributed by atoms with van der Waals surface area (Å²) < 4.78 is 27.5. The Bertz CT molecular complexity index is 1010. The molecule has 186 valence electrons. The van der Waals surface area contributed by atoms with E-state index in [0.29, 0.717) is 44.2 Å². The number of carbonyl (C=O) groups excluding carboxylic acids is 2. The quantitative estimate of drug-likeness (QED) is 0.540. The maximum absolute atomic E-state index is 13.2. The Kier molecular flexibility index (Phi) is 8.02. The van der Waals surface area contributed by atoms with E-state index < -0.39 is 10.0 Å². The maximum atomic E-state index is 13.2. The number of amides is 2. The van der Waals surface area contributed by atoms with Gasteiger partial charge in [-0.25, -0.2) is 8.42 Å². The van der Waals surface area contributed by atoms with Gasteiger partial charge in [-0.1, -0.05) is 6.08 Å². The first-order chi connectivity index (χ1) is 16.4. The number of anilines is 1. The average molecular weight is 490 g/mol. The van der Waals surface area contributed by atoms with Gasteiger partial charge in [0.05, 0.1) is 18.0 Å². The molecule has 2 fully saturated rings. The molecule has 0 bridgehead atoms. The topological polar surface area (TPSA) is 93.3 Å². The van der Waals surface area contributed by atoms with Gasteiger partial charge in [-0.05, 0) is 49.4 Å². The number of benzene rings is 1. The lowest BCUT2D eigenvalue weighted by molar-refractivity contribution is -0.123. The molecule has 0 aliphatic carbocycles. The van der Waals surface area contributed by atoms with Gasteiger partial charge in [0.25, 0.3) is 0 Å². The molecule has 1 N–H and O–H groups in total. The molecule has 4 rings (SSSR count). The van der Waals surface area contributed by atoms with Crippen LogP contribution in [-0.2, 0) is 26.0 Å². The normalized spacial score (nSPS) is 20.2. The van der Waals surface area contributed by atoms with E-state index in [4.69, 9.17) is 0 Å². The number of piperazine rings is 1. The lowest BCUT2D eigenvalue weighted by Gasteiger charge is -2.36. The lowest BCUT2D eigenvalue weighted by Crippen LogP contribution is -2.52. The van der Waals surface area contributed by atoms with Gasteiger partial charge in [-0.15, -0.1) is 6.58 Å². The minimum absolute atomic E-state index is 0.0135. The fraction of sp³-hybridized carbons (Fsp3) is 0.583. The van der Waals surface area contributed by atoms with Crippen molar-refractivity contribution in [1.29, 1.82) is 0 Å². The van der Waals surface area contributed by atoms with Crippen molar-refractivity contribution in [2.24, 2.45) is 0 Å². The smallest absolute Gasteiger partial charge is 0.243 e. The summed E-state index contributed by atoms with van der Waals surface area (Å²) in [4.78, 5) is 31.4. The number of carbonyl (C=O) groups is 2. The monoisotopic (exact) mass is 489 g/mol. The SMILES string of the molecule is C=CCNC(=O)CN1CCN(CC(=O)N2CCCc3cc(S(=O)(=O)N4CCCC4)ccc32)CC1. The van der Waals surface area contributed by atoms with Crippen LogP contribution in [0.4, 0.5) is 5.69 Å². The average Bonchev–Trinajstić information content (AvgIpc) is 3.39. The van der Waals surface area contributed by atoms with Crippen LogP contribution < -0.4 is 10.2 Å². The molecule has 3 aliphatic heterocycles. The van der Waals surface area contributed by atoms with Gasteiger partial charge >= 0.3 is 0 Å². The van der Waals surface area contributed by atoms with Crippen LogP contribution in [0.15, 0.2) is 35.7 Å². The second kappa shape index (κ2) is 11.0. The van der Waals surface area contributed by atoms with E-state index in [0.717, 1.165) is 63.1 Å². The predicted octanol–water partition coefficient (Wildman–Crippen LogP) is 0.670.